The number of rotatable bonds is 3. The number of hydrogen-bond acceptors (Lipinski definition) is 2. The van der Waals surface area contributed by atoms with Gasteiger partial charge in [0.05, 0.1) is 7.11 Å². The lowest BCUT2D eigenvalue weighted by Gasteiger charge is -2.22. The molecule has 0 saturated carbocycles. The molecule has 0 amide bonds. The summed E-state index contributed by atoms with van der Waals surface area (Å²) in [7, 11) is 1.70. The smallest absolute Gasteiger partial charge is 0.126 e. The van der Waals surface area contributed by atoms with Gasteiger partial charge in [-0.15, -0.1) is 0 Å². The largest absolute Gasteiger partial charge is 0.496 e. The van der Waals surface area contributed by atoms with Crippen molar-refractivity contribution in [2.75, 3.05) is 7.11 Å². The lowest BCUT2D eigenvalue weighted by Crippen LogP contribution is -2.22. The Kier molecular flexibility index (Phi) is 3.84. The zero-order valence-electron chi connectivity index (χ0n) is 11.1. The average molecular weight is 222 g/mol. The molecular formula is C14H22O2. The maximum absolute atomic E-state index is 5.80. The van der Waals surface area contributed by atoms with Crippen LogP contribution >= 0.6 is 0 Å². The maximum Gasteiger partial charge on any atom is 0.126 e. The van der Waals surface area contributed by atoms with Gasteiger partial charge in [0.15, 0.2) is 0 Å². The Morgan fingerprint density at radius 3 is 2.19 bits per heavy atom. The molecule has 0 saturated heterocycles. The van der Waals surface area contributed by atoms with Crippen molar-refractivity contribution in [1.29, 1.82) is 0 Å². The predicted molar refractivity (Wildman–Crippen MR) is 67.5 cm³/mol. The van der Waals surface area contributed by atoms with Crippen molar-refractivity contribution in [2.24, 2.45) is 0 Å². The van der Waals surface area contributed by atoms with Gasteiger partial charge < -0.3 is 9.47 Å². The van der Waals surface area contributed by atoms with E-state index in [2.05, 4.69) is 19.9 Å². The van der Waals surface area contributed by atoms with Gasteiger partial charge in [0.2, 0.25) is 0 Å². The van der Waals surface area contributed by atoms with Crippen molar-refractivity contribution >= 4 is 0 Å². The molecule has 0 fully saturated rings. The monoisotopic (exact) mass is 222 g/mol. The van der Waals surface area contributed by atoms with Crippen molar-refractivity contribution < 1.29 is 9.47 Å². The first kappa shape index (κ1) is 12.9. The molecule has 0 atom stereocenters. The third-order valence-corrected chi connectivity index (χ3v) is 2.25. The minimum Gasteiger partial charge on any atom is -0.496 e. The topological polar surface area (TPSA) is 18.5 Å². The van der Waals surface area contributed by atoms with Crippen molar-refractivity contribution in [3.05, 3.63) is 23.8 Å². The first-order valence-electron chi connectivity index (χ1n) is 5.70. The van der Waals surface area contributed by atoms with Crippen molar-refractivity contribution in [1.82, 2.24) is 0 Å². The van der Waals surface area contributed by atoms with Crippen LogP contribution in [0.1, 0.15) is 46.1 Å². The number of methoxy groups -OCH3 is 1. The molecule has 0 N–H and O–H groups in total. The molecule has 0 aliphatic carbocycles. The molecule has 0 aliphatic rings. The molecule has 0 heterocycles. The van der Waals surface area contributed by atoms with Crippen LogP contribution in [0, 0.1) is 0 Å². The van der Waals surface area contributed by atoms with Crippen LogP contribution in [0.3, 0.4) is 0 Å². The molecule has 90 valence electrons. The third kappa shape index (κ3) is 3.44. The Balaban J connectivity index is 3.00. The fraction of sp³-hybridized carbons (Fsp3) is 0.571. The van der Waals surface area contributed by atoms with Crippen LogP contribution in [0.2, 0.25) is 0 Å². The van der Waals surface area contributed by atoms with E-state index in [4.69, 9.17) is 9.47 Å². The summed E-state index contributed by atoms with van der Waals surface area (Å²) in [5.74, 6) is 2.21. The van der Waals surface area contributed by atoms with E-state index in [-0.39, 0.29) is 5.60 Å². The molecule has 0 aromatic heterocycles. The highest BCUT2D eigenvalue weighted by molar-refractivity contribution is 5.42. The van der Waals surface area contributed by atoms with Gasteiger partial charge in [0.1, 0.15) is 17.1 Å². The van der Waals surface area contributed by atoms with Crippen LogP contribution in [0.4, 0.5) is 0 Å². The van der Waals surface area contributed by atoms with Gasteiger partial charge in [0, 0.05) is 6.07 Å². The summed E-state index contributed by atoms with van der Waals surface area (Å²) in [6.45, 7) is 10.4. The van der Waals surface area contributed by atoms with Gasteiger partial charge in [-0.1, -0.05) is 19.9 Å². The molecule has 1 rings (SSSR count). The van der Waals surface area contributed by atoms with E-state index in [1.54, 1.807) is 7.11 Å². The molecule has 0 spiro atoms. The Morgan fingerprint density at radius 2 is 1.75 bits per heavy atom. The summed E-state index contributed by atoms with van der Waals surface area (Å²) < 4.78 is 11.2. The summed E-state index contributed by atoms with van der Waals surface area (Å²) in [6.07, 6.45) is 0. The summed E-state index contributed by atoms with van der Waals surface area (Å²) in [5.41, 5.74) is 1.04. The molecule has 0 bridgehead atoms. The molecule has 0 unspecified atom stereocenters. The summed E-state index contributed by atoms with van der Waals surface area (Å²) in [5, 5.41) is 0. The van der Waals surface area contributed by atoms with Crippen LogP contribution in [0.15, 0.2) is 18.2 Å². The SMILES string of the molecule is COc1cc(OC(C)(C)C)ccc1C(C)C. The van der Waals surface area contributed by atoms with Gasteiger partial charge in [0.25, 0.3) is 0 Å². The second-order valence-corrected chi connectivity index (χ2v) is 5.27. The van der Waals surface area contributed by atoms with E-state index in [1.807, 2.05) is 32.9 Å². The van der Waals surface area contributed by atoms with Gasteiger partial charge in [-0.2, -0.15) is 0 Å². The first-order valence-corrected chi connectivity index (χ1v) is 5.70. The highest BCUT2D eigenvalue weighted by atomic mass is 16.5. The highest BCUT2D eigenvalue weighted by Crippen LogP contribution is 2.31. The molecule has 16 heavy (non-hydrogen) atoms. The molecule has 1 aromatic rings. The number of hydrogen-bond donors (Lipinski definition) is 0. The Bertz CT molecular complexity index is 348. The fourth-order valence-electron chi connectivity index (χ4n) is 1.59. The minimum atomic E-state index is -0.176. The predicted octanol–water partition coefficient (Wildman–Crippen LogP) is 4.00. The van der Waals surface area contributed by atoms with Gasteiger partial charge >= 0.3 is 0 Å². The van der Waals surface area contributed by atoms with Gasteiger partial charge in [-0.3, -0.25) is 0 Å². The van der Waals surface area contributed by atoms with Crippen LogP contribution < -0.4 is 9.47 Å². The summed E-state index contributed by atoms with van der Waals surface area (Å²) >= 11 is 0. The van der Waals surface area contributed by atoms with Crippen molar-refractivity contribution in [2.45, 2.75) is 46.1 Å². The third-order valence-electron chi connectivity index (χ3n) is 2.25. The zero-order valence-corrected chi connectivity index (χ0v) is 11.1. The molecule has 1 aromatic carbocycles. The molecule has 0 radical (unpaired) electrons. The van der Waals surface area contributed by atoms with E-state index < -0.39 is 0 Å². The van der Waals surface area contributed by atoms with Gasteiger partial charge in [-0.25, -0.2) is 0 Å². The quantitative estimate of drug-likeness (QED) is 0.769. The number of benzene rings is 1. The zero-order chi connectivity index (χ0) is 12.3. The number of ether oxygens (including phenoxy) is 2. The summed E-state index contributed by atoms with van der Waals surface area (Å²) in [6, 6.07) is 6.04. The van der Waals surface area contributed by atoms with Gasteiger partial charge in [-0.05, 0) is 38.3 Å². The van der Waals surface area contributed by atoms with E-state index in [0.29, 0.717) is 5.92 Å². The Hall–Kier alpha value is -1.18. The standard InChI is InChI=1S/C14H22O2/c1-10(2)12-8-7-11(9-13(12)15-6)16-14(3,4)5/h7-10H,1-6H3. The first-order chi connectivity index (χ1) is 7.33. The average Bonchev–Trinajstić information content (AvgIpc) is 2.14. The second-order valence-electron chi connectivity index (χ2n) is 5.27. The Labute approximate surface area is 98.6 Å². The highest BCUT2D eigenvalue weighted by Gasteiger charge is 2.14. The van der Waals surface area contributed by atoms with E-state index >= 15 is 0 Å². The minimum absolute atomic E-state index is 0.176. The van der Waals surface area contributed by atoms with E-state index in [1.165, 1.54) is 5.56 Å². The lowest BCUT2D eigenvalue weighted by atomic mass is 10.0. The maximum atomic E-state index is 5.80. The lowest BCUT2D eigenvalue weighted by molar-refractivity contribution is 0.130. The van der Waals surface area contributed by atoms with Crippen LogP contribution in [-0.2, 0) is 0 Å². The van der Waals surface area contributed by atoms with E-state index in [0.717, 1.165) is 11.5 Å². The molecule has 2 nitrogen and oxygen atoms in total. The van der Waals surface area contributed by atoms with Crippen molar-refractivity contribution in [3.63, 3.8) is 0 Å². The summed E-state index contributed by atoms with van der Waals surface area (Å²) in [4.78, 5) is 0. The van der Waals surface area contributed by atoms with E-state index in [9.17, 15) is 0 Å². The second kappa shape index (κ2) is 4.77. The van der Waals surface area contributed by atoms with Crippen LogP contribution in [0.5, 0.6) is 11.5 Å². The fourth-order valence-corrected chi connectivity index (χ4v) is 1.59. The van der Waals surface area contributed by atoms with Crippen LogP contribution in [-0.4, -0.2) is 12.7 Å². The molecular weight excluding hydrogens is 200 g/mol. The molecule has 2 heteroatoms. The normalized spacial score (nSPS) is 11.7. The van der Waals surface area contributed by atoms with Crippen molar-refractivity contribution in [3.8, 4) is 11.5 Å². The Morgan fingerprint density at radius 1 is 1.12 bits per heavy atom. The van der Waals surface area contributed by atoms with Crippen LogP contribution in [0.25, 0.3) is 0 Å². The molecule has 0 aliphatic heterocycles.